The standard InChI is InChI=1S/C15H17ClN4O2S/c1-9(10-2-4-11(16)5-3-10)17-13(21)8-23-15-19-18-14(22)20(15)12-6-7-12/h2-5,9,12H,6-8H2,1H3,(H,17,21)(H,18,22). The fraction of sp³-hybridized carbons (Fsp3) is 0.400. The van der Waals surface area contributed by atoms with E-state index in [4.69, 9.17) is 11.6 Å². The number of rotatable bonds is 6. The summed E-state index contributed by atoms with van der Waals surface area (Å²) < 4.78 is 1.64. The number of halogens is 1. The molecule has 1 saturated carbocycles. The van der Waals surface area contributed by atoms with Crippen molar-refractivity contribution in [1.29, 1.82) is 0 Å². The van der Waals surface area contributed by atoms with Gasteiger partial charge in [-0.3, -0.25) is 9.36 Å². The molecule has 6 nitrogen and oxygen atoms in total. The van der Waals surface area contributed by atoms with Crippen molar-refractivity contribution in [3.63, 3.8) is 0 Å². The molecule has 0 aliphatic heterocycles. The summed E-state index contributed by atoms with van der Waals surface area (Å²) in [5.41, 5.74) is 0.785. The minimum absolute atomic E-state index is 0.102. The van der Waals surface area contributed by atoms with Gasteiger partial charge < -0.3 is 5.32 Å². The number of hydrogen-bond donors (Lipinski definition) is 2. The van der Waals surface area contributed by atoms with Crippen molar-refractivity contribution in [3.8, 4) is 0 Å². The van der Waals surface area contributed by atoms with Gasteiger partial charge in [0.2, 0.25) is 5.91 Å². The summed E-state index contributed by atoms with van der Waals surface area (Å²) >= 11 is 7.13. The van der Waals surface area contributed by atoms with E-state index in [1.54, 1.807) is 16.7 Å². The van der Waals surface area contributed by atoms with Gasteiger partial charge in [0.1, 0.15) is 0 Å². The molecule has 1 fully saturated rings. The van der Waals surface area contributed by atoms with Crippen LogP contribution in [-0.4, -0.2) is 26.4 Å². The normalized spacial score (nSPS) is 15.4. The largest absolute Gasteiger partial charge is 0.349 e. The molecule has 0 bridgehead atoms. The van der Waals surface area contributed by atoms with Crippen molar-refractivity contribution in [1.82, 2.24) is 20.1 Å². The summed E-state index contributed by atoms with van der Waals surface area (Å²) in [5, 5.41) is 10.6. The fourth-order valence-electron chi connectivity index (χ4n) is 2.29. The van der Waals surface area contributed by atoms with Crippen molar-refractivity contribution in [3.05, 3.63) is 45.3 Å². The highest BCUT2D eigenvalue weighted by Gasteiger charge is 2.28. The molecule has 1 unspecified atom stereocenters. The summed E-state index contributed by atoms with van der Waals surface area (Å²) in [6.07, 6.45) is 1.99. The average Bonchev–Trinajstić information content (AvgIpc) is 3.29. The lowest BCUT2D eigenvalue weighted by Gasteiger charge is -2.14. The molecule has 1 atom stereocenters. The van der Waals surface area contributed by atoms with Crippen LogP contribution in [0.1, 0.15) is 37.4 Å². The van der Waals surface area contributed by atoms with E-state index >= 15 is 0 Å². The van der Waals surface area contributed by atoms with E-state index < -0.39 is 0 Å². The maximum Gasteiger partial charge on any atom is 0.344 e. The van der Waals surface area contributed by atoms with Crippen LogP contribution in [0.5, 0.6) is 0 Å². The van der Waals surface area contributed by atoms with Crippen LogP contribution in [0.25, 0.3) is 0 Å². The third kappa shape index (κ3) is 3.97. The lowest BCUT2D eigenvalue weighted by Crippen LogP contribution is -2.28. The van der Waals surface area contributed by atoms with Gasteiger partial charge in [0.25, 0.3) is 0 Å². The molecule has 23 heavy (non-hydrogen) atoms. The monoisotopic (exact) mass is 352 g/mol. The molecule has 1 amide bonds. The van der Waals surface area contributed by atoms with E-state index in [1.165, 1.54) is 11.8 Å². The number of aromatic nitrogens is 3. The third-order valence-electron chi connectivity index (χ3n) is 3.66. The Morgan fingerprint density at radius 3 is 2.83 bits per heavy atom. The van der Waals surface area contributed by atoms with Crippen LogP contribution < -0.4 is 11.0 Å². The summed E-state index contributed by atoms with van der Waals surface area (Å²) in [6.45, 7) is 1.92. The van der Waals surface area contributed by atoms with Crippen LogP contribution in [0.4, 0.5) is 0 Å². The second-order valence-corrected chi connectivity index (χ2v) is 6.92. The highest BCUT2D eigenvalue weighted by atomic mass is 35.5. The molecule has 2 aromatic rings. The first-order valence-corrected chi connectivity index (χ1v) is 8.75. The van der Waals surface area contributed by atoms with Crippen LogP contribution in [0.3, 0.4) is 0 Å². The Labute approximate surface area is 142 Å². The third-order valence-corrected chi connectivity index (χ3v) is 4.87. The number of carbonyl (C=O) groups is 1. The van der Waals surface area contributed by atoms with Crippen LogP contribution in [0.2, 0.25) is 5.02 Å². The van der Waals surface area contributed by atoms with Crippen molar-refractivity contribution < 1.29 is 4.79 Å². The highest BCUT2D eigenvalue weighted by Crippen LogP contribution is 2.35. The average molecular weight is 353 g/mol. The Morgan fingerprint density at radius 2 is 2.17 bits per heavy atom. The zero-order valence-electron chi connectivity index (χ0n) is 12.6. The van der Waals surface area contributed by atoms with E-state index in [0.29, 0.717) is 10.2 Å². The zero-order valence-corrected chi connectivity index (χ0v) is 14.2. The second kappa shape index (κ2) is 6.80. The maximum atomic E-state index is 12.1. The van der Waals surface area contributed by atoms with Gasteiger partial charge in [-0.1, -0.05) is 35.5 Å². The van der Waals surface area contributed by atoms with Gasteiger partial charge in [0.05, 0.1) is 11.8 Å². The molecule has 1 aliphatic rings. The van der Waals surface area contributed by atoms with E-state index in [1.807, 2.05) is 19.1 Å². The predicted molar refractivity (Wildman–Crippen MR) is 89.9 cm³/mol. The SMILES string of the molecule is CC(NC(=O)CSc1n[nH]c(=O)n1C1CC1)c1ccc(Cl)cc1. The van der Waals surface area contributed by atoms with E-state index in [2.05, 4.69) is 15.5 Å². The number of aromatic amines is 1. The Kier molecular flexibility index (Phi) is 4.77. The highest BCUT2D eigenvalue weighted by molar-refractivity contribution is 7.99. The molecule has 8 heteroatoms. The molecule has 2 N–H and O–H groups in total. The van der Waals surface area contributed by atoms with E-state index in [0.717, 1.165) is 18.4 Å². The van der Waals surface area contributed by atoms with Gasteiger partial charge in [-0.2, -0.15) is 0 Å². The number of H-pyrrole nitrogens is 1. The summed E-state index contributed by atoms with van der Waals surface area (Å²) in [7, 11) is 0. The minimum Gasteiger partial charge on any atom is -0.349 e. The van der Waals surface area contributed by atoms with E-state index in [9.17, 15) is 9.59 Å². The van der Waals surface area contributed by atoms with Crippen molar-refractivity contribution in [2.45, 2.75) is 37.0 Å². The molecule has 1 aromatic carbocycles. The first kappa shape index (κ1) is 16.1. The number of nitrogens with zero attached hydrogens (tertiary/aromatic N) is 2. The van der Waals surface area contributed by atoms with Crippen LogP contribution in [0.15, 0.2) is 34.2 Å². The lowest BCUT2D eigenvalue weighted by atomic mass is 10.1. The molecule has 0 saturated heterocycles. The molecule has 1 heterocycles. The molecule has 0 spiro atoms. The lowest BCUT2D eigenvalue weighted by molar-refractivity contribution is -0.119. The molecule has 1 aliphatic carbocycles. The van der Waals surface area contributed by atoms with Gasteiger partial charge in [0.15, 0.2) is 5.16 Å². The summed E-state index contributed by atoms with van der Waals surface area (Å²) in [4.78, 5) is 23.8. The van der Waals surface area contributed by atoms with Gasteiger partial charge in [0, 0.05) is 11.1 Å². The smallest absolute Gasteiger partial charge is 0.344 e. The van der Waals surface area contributed by atoms with Gasteiger partial charge in [-0.15, -0.1) is 5.10 Å². The maximum absolute atomic E-state index is 12.1. The minimum atomic E-state index is -0.204. The van der Waals surface area contributed by atoms with Crippen LogP contribution in [-0.2, 0) is 4.79 Å². The molecule has 0 radical (unpaired) electrons. The summed E-state index contributed by atoms with van der Waals surface area (Å²) in [5.74, 6) is 0.116. The Bertz CT molecular complexity index is 752. The molecule has 1 aromatic heterocycles. The van der Waals surface area contributed by atoms with Crippen LogP contribution >= 0.6 is 23.4 Å². The van der Waals surface area contributed by atoms with Gasteiger partial charge in [-0.25, -0.2) is 9.89 Å². The molecular formula is C15H17ClN4O2S. The van der Waals surface area contributed by atoms with Crippen molar-refractivity contribution >= 4 is 29.3 Å². The number of nitrogens with one attached hydrogen (secondary N) is 2. The summed E-state index contributed by atoms with van der Waals surface area (Å²) in [6, 6.07) is 7.50. The first-order chi connectivity index (χ1) is 11.0. The van der Waals surface area contributed by atoms with Crippen molar-refractivity contribution in [2.75, 3.05) is 5.75 Å². The Hall–Kier alpha value is -1.73. The molecular weight excluding hydrogens is 336 g/mol. The quantitative estimate of drug-likeness (QED) is 0.783. The second-order valence-electron chi connectivity index (χ2n) is 5.54. The van der Waals surface area contributed by atoms with Gasteiger partial charge >= 0.3 is 5.69 Å². The number of amides is 1. The topological polar surface area (TPSA) is 79.8 Å². The number of carbonyl (C=O) groups excluding carboxylic acids is 1. The number of benzene rings is 1. The first-order valence-electron chi connectivity index (χ1n) is 7.39. The van der Waals surface area contributed by atoms with Crippen LogP contribution in [0, 0.1) is 0 Å². The number of thioether (sulfide) groups is 1. The van der Waals surface area contributed by atoms with Crippen molar-refractivity contribution in [2.24, 2.45) is 0 Å². The molecule has 122 valence electrons. The molecule has 3 rings (SSSR count). The Balaban J connectivity index is 1.55. The predicted octanol–water partition coefficient (Wildman–Crippen LogP) is 2.53. The zero-order chi connectivity index (χ0) is 16.4. The Morgan fingerprint density at radius 1 is 1.48 bits per heavy atom. The van der Waals surface area contributed by atoms with Gasteiger partial charge in [-0.05, 0) is 37.5 Å². The fourth-order valence-corrected chi connectivity index (χ4v) is 3.25. The number of hydrogen-bond acceptors (Lipinski definition) is 4. The van der Waals surface area contributed by atoms with E-state index in [-0.39, 0.29) is 29.4 Å².